The minimum atomic E-state index is 0. The van der Waals surface area contributed by atoms with Crippen LogP contribution >= 0.6 is 0 Å². The Morgan fingerprint density at radius 1 is 1.23 bits per heavy atom. The number of nitrogens with zero attached hydrogens (tertiary/aromatic N) is 1. The Labute approximate surface area is 91.6 Å². The Kier molecular flexibility index (Phi) is 3.38. The molecule has 0 heterocycles. The van der Waals surface area contributed by atoms with Crippen LogP contribution in [0.5, 0.6) is 0 Å². The second kappa shape index (κ2) is 4.15. The summed E-state index contributed by atoms with van der Waals surface area (Å²) >= 11 is 0. The van der Waals surface area contributed by atoms with Gasteiger partial charge in [-0.2, -0.15) is 5.56 Å². The van der Waals surface area contributed by atoms with E-state index in [1.807, 2.05) is 0 Å². The van der Waals surface area contributed by atoms with Crippen LogP contribution in [0.25, 0.3) is 6.08 Å². The molecule has 2 rings (SSSR count). The number of hydrogen-bond acceptors (Lipinski definition) is 1. The van der Waals surface area contributed by atoms with E-state index in [2.05, 4.69) is 55.4 Å². The molecular formula is C11H12LiN. The minimum absolute atomic E-state index is 0. The summed E-state index contributed by atoms with van der Waals surface area (Å²) in [4.78, 5) is 2.17. The molecule has 1 aliphatic rings. The van der Waals surface area contributed by atoms with Gasteiger partial charge in [0.05, 0.1) is 0 Å². The van der Waals surface area contributed by atoms with Crippen molar-refractivity contribution in [2.24, 2.45) is 0 Å². The third kappa shape index (κ3) is 1.89. The number of benzene rings is 1. The van der Waals surface area contributed by atoms with E-state index in [0.29, 0.717) is 6.04 Å². The molecule has 1 unspecified atom stereocenters. The van der Waals surface area contributed by atoms with E-state index < -0.39 is 0 Å². The smallest absolute Gasteiger partial charge is 0.317 e. The summed E-state index contributed by atoms with van der Waals surface area (Å²) in [7, 11) is 4.15. The maximum Gasteiger partial charge on any atom is 1.00 e. The van der Waals surface area contributed by atoms with Gasteiger partial charge in [-0.05, 0) is 20.1 Å². The van der Waals surface area contributed by atoms with E-state index in [9.17, 15) is 0 Å². The van der Waals surface area contributed by atoms with E-state index >= 15 is 0 Å². The predicted octanol–water partition coefficient (Wildman–Crippen LogP) is -0.877. The molecule has 0 aliphatic heterocycles. The third-order valence-corrected chi connectivity index (χ3v) is 2.20. The first-order valence-electron chi connectivity index (χ1n) is 4.13. The molecule has 0 N–H and O–H groups in total. The van der Waals surface area contributed by atoms with Crippen molar-refractivity contribution in [2.45, 2.75) is 6.04 Å². The maximum atomic E-state index is 3.32. The molecule has 1 aliphatic carbocycles. The molecule has 1 atom stereocenters. The van der Waals surface area contributed by atoms with Crippen molar-refractivity contribution in [1.82, 2.24) is 4.90 Å². The van der Waals surface area contributed by atoms with Gasteiger partial charge in [0, 0.05) is 0 Å². The van der Waals surface area contributed by atoms with Gasteiger partial charge in [-0.25, -0.2) is 6.08 Å². The fourth-order valence-electron chi connectivity index (χ4n) is 1.58. The van der Waals surface area contributed by atoms with E-state index in [1.54, 1.807) is 0 Å². The van der Waals surface area contributed by atoms with Gasteiger partial charge in [-0.3, -0.25) is 6.08 Å². The van der Waals surface area contributed by atoms with Crippen LogP contribution in [-0.2, 0) is 0 Å². The van der Waals surface area contributed by atoms with Gasteiger partial charge in [0.1, 0.15) is 0 Å². The summed E-state index contributed by atoms with van der Waals surface area (Å²) in [6.45, 7) is 0. The van der Waals surface area contributed by atoms with Gasteiger partial charge in [0.15, 0.2) is 0 Å². The quantitative estimate of drug-likeness (QED) is 0.386. The molecule has 0 spiro atoms. The first-order valence-corrected chi connectivity index (χ1v) is 4.13. The molecule has 0 saturated heterocycles. The van der Waals surface area contributed by atoms with Crippen LogP contribution in [-0.4, -0.2) is 19.0 Å². The molecule has 62 valence electrons. The molecule has 0 bridgehead atoms. The zero-order valence-corrected chi connectivity index (χ0v) is 8.41. The van der Waals surface area contributed by atoms with Gasteiger partial charge >= 0.3 is 18.9 Å². The summed E-state index contributed by atoms with van der Waals surface area (Å²) in [6.07, 6.45) is 5.39. The van der Waals surface area contributed by atoms with Gasteiger partial charge in [-0.1, -0.05) is 18.2 Å². The molecule has 2 heteroatoms. The molecule has 1 nitrogen and oxygen atoms in total. The summed E-state index contributed by atoms with van der Waals surface area (Å²) in [5, 5.41) is 0. The van der Waals surface area contributed by atoms with Crippen molar-refractivity contribution < 1.29 is 18.9 Å². The summed E-state index contributed by atoms with van der Waals surface area (Å²) in [6, 6.07) is 8.79. The van der Waals surface area contributed by atoms with Crippen LogP contribution in [0.15, 0.2) is 24.3 Å². The number of hydrogen-bond donors (Lipinski definition) is 0. The summed E-state index contributed by atoms with van der Waals surface area (Å²) < 4.78 is 0. The standard InChI is InChI=1S/C11H12N.Li/c1-12(2)11-8-7-9-5-3-4-6-10(9)11;/h3-7,11H,1-2H3;/q-1;+1. The fraction of sp³-hybridized carbons (Fsp3) is 0.273. The molecular weight excluding hydrogens is 153 g/mol. The Morgan fingerprint density at radius 3 is 2.62 bits per heavy atom. The normalized spacial score (nSPS) is 18.5. The van der Waals surface area contributed by atoms with E-state index in [0.717, 1.165) is 0 Å². The fourth-order valence-corrected chi connectivity index (χ4v) is 1.58. The molecule has 0 radical (unpaired) electrons. The van der Waals surface area contributed by atoms with E-state index in [4.69, 9.17) is 0 Å². The maximum absolute atomic E-state index is 3.32. The zero-order chi connectivity index (χ0) is 8.55. The van der Waals surface area contributed by atoms with Crippen LogP contribution < -0.4 is 18.9 Å². The van der Waals surface area contributed by atoms with Gasteiger partial charge in [0.2, 0.25) is 0 Å². The SMILES string of the molecule is CN(C)C1[C-]=Cc2ccccc21.[Li+]. The van der Waals surface area contributed by atoms with Crippen molar-refractivity contribution in [3.63, 3.8) is 0 Å². The average molecular weight is 165 g/mol. The molecule has 1 aromatic rings. The topological polar surface area (TPSA) is 3.24 Å². The number of fused-ring (bicyclic) bond motifs is 1. The molecule has 13 heavy (non-hydrogen) atoms. The third-order valence-electron chi connectivity index (χ3n) is 2.20. The van der Waals surface area contributed by atoms with Crippen molar-refractivity contribution in [1.29, 1.82) is 0 Å². The second-order valence-corrected chi connectivity index (χ2v) is 3.31. The van der Waals surface area contributed by atoms with Crippen LogP contribution in [0.3, 0.4) is 0 Å². The van der Waals surface area contributed by atoms with Crippen LogP contribution in [0, 0.1) is 6.08 Å². The van der Waals surface area contributed by atoms with Gasteiger partial charge < -0.3 is 4.90 Å². The first kappa shape index (κ1) is 10.6. The minimum Gasteiger partial charge on any atom is -0.317 e. The molecule has 0 fully saturated rings. The van der Waals surface area contributed by atoms with Crippen molar-refractivity contribution in [3.8, 4) is 0 Å². The Morgan fingerprint density at radius 2 is 1.92 bits per heavy atom. The van der Waals surface area contributed by atoms with Crippen molar-refractivity contribution >= 4 is 6.08 Å². The van der Waals surface area contributed by atoms with Gasteiger partial charge in [-0.15, -0.1) is 11.6 Å². The van der Waals surface area contributed by atoms with Crippen LogP contribution in [0.2, 0.25) is 0 Å². The van der Waals surface area contributed by atoms with Crippen LogP contribution in [0.1, 0.15) is 17.2 Å². The second-order valence-electron chi connectivity index (χ2n) is 3.31. The summed E-state index contributed by atoms with van der Waals surface area (Å²) in [5.74, 6) is 0. The largest absolute Gasteiger partial charge is 1.00 e. The Hall–Kier alpha value is -0.483. The molecule has 0 aromatic heterocycles. The Balaban J connectivity index is 0.000000845. The van der Waals surface area contributed by atoms with Crippen molar-refractivity contribution in [3.05, 3.63) is 41.5 Å². The predicted molar refractivity (Wildman–Crippen MR) is 50.6 cm³/mol. The molecule has 1 aromatic carbocycles. The zero-order valence-electron chi connectivity index (χ0n) is 8.41. The molecule has 0 amide bonds. The average Bonchev–Trinajstić information content (AvgIpc) is 2.47. The van der Waals surface area contributed by atoms with Crippen LogP contribution in [0.4, 0.5) is 0 Å². The van der Waals surface area contributed by atoms with E-state index in [-0.39, 0.29) is 18.9 Å². The number of rotatable bonds is 1. The number of likely N-dealkylation sites (N-methyl/N-ethyl adjacent to an activating group) is 1. The van der Waals surface area contributed by atoms with Crippen molar-refractivity contribution in [2.75, 3.05) is 14.1 Å². The van der Waals surface area contributed by atoms with Gasteiger partial charge in [0.25, 0.3) is 0 Å². The Bertz CT molecular complexity index is 318. The molecule has 0 saturated carbocycles. The first-order chi connectivity index (χ1) is 5.79. The monoisotopic (exact) mass is 165 g/mol. The van der Waals surface area contributed by atoms with E-state index in [1.165, 1.54) is 11.1 Å². The summed E-state index contributed by atoms with van der Waals surface area (Å²) in [5.41, 5.74) is 2.67.